The van der Waals surface area contributed by atoms with Crippen molar-refractivity contribution in [3.63, 3.8) is 0 Å². The van der Waals surface area contributed by atoms with E-state index in [1.165, 1.54) is 0 Å². The molecule has 0 fully saturated rings. The molecule has 0 aliphatic rings. The van der Waals surface area contributed by atoms with Gasteiger partial charge in [0.2, 0.25) is 0 Å². The highest BCUT2D eigenvalue weighted by Crippen LogP contribution is 2.31. The van der Waals surface area contributed by atoms with Crippen molar-refractivity contribution < 1.29 is 4.74 Å². The van der Waals surface area contributed by atoms with Crippen LogP contribution in [0.25, 0.3) is 0 Å². The van der Waals surface area contributed by atoms with E-state index in [2.05, 4.69) is 11.0 Å². The van der Waals surface area contributed by atoms with Gasteiger partial charge >= 0.3 is 0 Å². The summed E-state index contributed by atoms with van der Waals surface area (Å²) in [6.45, 7) is 3.13. The Kier molecular flexibility index (Phi) is 5.05. The van der Waals surface area contributed by atoms with Crippen LogP contribution in [-0.2, 0) is 0 Å². The van der Waals surface area contributed by atoms with Crippen molar-refractivity contribution in [2.45, 2.75) is 13.3 Å². The van der Waals surface area contributed by atoms with Crippen molar-refractivity contribution in [1.82, 2.24) is 0 Å². The molecule has 21 heavy (non-hydrogen) atoms. The van der Waals surface area contributed by atoms with Crippen LogP contribution in [0.2, 0.25) is 0 Å². The number of hydrogen-bond donors (Lipinski definition) is 1. The summed E-state index contributed by atoms with van der Waals surface area (Å²) < 4.78 is 5.55. The summed E-state index contributed by atoms with van der Waals surface area (Å²) in [5, 5.41) is 8.88. The quantitative estimate of drug-likeness (QED) is 0.820. The Hall–Kier alpha value is -2.67. The van der Waals surface area contributed by atoms with Gasteiger partial charge in [0.05, 0.1) is 19.1 Å². The van der Waals surface area contributed by atoms with Crippen molar-refractivity contribution in [2.24, 2.45) is 0 Å². The highest BCUT2D eigenvalue weighted by atomic mass is 16.5. The Bertz CT molecular complexity index is 620. The number of nitriles is 1. The van der Waals surface area contributed by atoms with Crippen LogP contribution in [0.15, 0.2) is 48.5 Å². The SMILES string of the molecule is CCOc1cc(N)cc(N(CCC#N)c2ccccc2)c1. The molecule has 4 nitrogen and oxygen atoms in total. The minimum Gasteiger partial charge on any atom is -0.494 e. The van der Waals surface area contributed by atoms with E-state index in [9.17, 15) is 0 Å². The zero-order valence-corrected chi connectivity index (χ0v) is 12.1. The molecule has 0 heterocycles. The molecule has 2 rings (SSSR count). The van der Waals surface area contributed by atoms with Gasteiger partial charge in [0.25, 0.3) is 0 Å². The van der Waals surface area contributed by atoms with Gasteiger partial charge in [-0.1, -0.05) is 18.2 Å². The zero-order valence-electron chi connectivity index (χ0n) is 12.1. The second-order valence-corrected chi connectivity index (χ2v) is 4.59. The van der Waals surface area contributed by atoms with Crippen LogP contribution < -0.4 is 15.4 Å². The van der Waals surface area contributed by atoms with Crippen LogP contribution in [0.3, 0.4) is 0 Å². The van der Waals surface area contributed by atoms with Crippen LogP contribution in [0.5, 0.6) is 5.75 Å². The summed E-state index contributed by atoms with van der Waals surface area (Å²) in [5.74, 6) is 0.741. The first-order valence-corrected chi connectivity index (χ1v) is 6.97. The molecule has 0 saturated carbocycles. The molecule has 0 saturated heterocycles. The van der Waals surface area contributed by atoms with E-state index in [1.807, 2.05) is 49.4 Å². The van der Waals surface area contributed by atoms with Gasteiger partial charge in [0, 0.05) is 35.7 Å². The number of rotatable bonds is 6. The number of hydrogen-bond acceptors (Lipinski definition) is 4. The fourth-order valence-corrected chi connectivity index (χ4v) is 2.19. The van der Waals surface area contributed by atoms with Crippen LogP contribution in [-0.4, -0.2) is 13.2 Å². The maximum absolute atomic E-state index is 8.88. The third-order valence-corrected chi connectivity index (χ3v) is 3.05. The molecule has 2 N–H and O–H groups in total. The number of nitrogens with zero attached hydrogens (tertiary/aromatic N) is 2. The van der Waals surface area contributed by atoms with Crippen molar-refractivity contribution >= 4 is 17.1 Å². The monoisotopic (exact) mass is 281 g/mol. The van der Waals surface area contributed by atoms with Gasteiger partial charge < -0.3 is 15.4 Å². The molecule has 0 unspecified atom stereocenters. The van der Waals surface area contributed by atoms with Crippen molar-refractivity contribution in [3.05, 3.63) is 48.5 Å². The average Bonchev–Trinajstić information content (AvgIpc) is 2.48. The lowest BCUT2D eigenvalue weighted by Gasteiger charge is -2.25. The molecule has 2 aromatic carbocycles. The summed E-state index contributed by atoms with van der Waals surface area (Å²) in [4.78, 5) is 2.07. The fraction of sp³-hybridized carbons (Fsp3) is 0.235. The molecule has 0 aliphatic carbocycles. The first-order valence-electron chi connectivity index (χ1n) is 6.97. The summed E-state index contributed by atoms with van der Waals surface area (Å²) in [5.41, 5.74) is 8.57. The molecular formula is C17H19N3O. The lowest BCUT2D eigenvalue weighted by atomic mass is 10.2. The smallest absolute Gasteiger partial charge is 0.123 e. The molecule has 4 heteroatoms. The molecule has 0 atom stereocenters. The van der Waals surface area contributed by atoms with Gasteiger partial charge in [0.15, 0.2) is 0 Å². The number of benzene rings is 2. The third-order valence-electron chi connectivity index (χ3n) is 3.05. The van der Waals surface area contributed by atoms with E-state index in [4.69, 9.17) is 15.7 Å². The standard InChI is InChI=1S/C17H19N3O/c1-2-21-17-12-14(19)11-16(13-17)20(10-6-9-18)15-7-4-3-5-8-15/h3-5,7-8,11-13H,2,6,10,19H2,1H3. The van der Waals surface area contributed by atoms with E-state index in [0.717, 1.165) is 17.1 Å². The van der Waals surface area contributed by atoms with Gasteiger partial charge in [-0.15, -0.1) is 0 Å². The molecule has 2 aromatic rings. The van der Waals surface area contributed by atoms with Crippen molar-refractivity contribution in [1.29, 1.82) is 5.26 Å². The Morgan fingerprint density at radius 1 is 1.14 bits per heavy atom. The van der Waals surface area contributed by atoms with E-state index < -0.39 is 0 Å². The highest BCUT2D eigenvalue weighted by molar-refractivity contribution is 5.68. The Morgan fingerprint density at radius 3 is 2.57 bits per heavy atom. The largest absolute Gasteiger partial charge is 0.494 e. The van der Waals surface area contributed by atoms with Crippen molar-refractivity contribution in [2.75, 3.05) is 23.8 Å². The van der Waals surface area contributed by atoms with Gasteiger partial charge in [-0.2, -0.15) is 5.26 Å². The predicted octanol–water partition coefficient (Wildman–Crippen LogP) is 3.72. The first kappa shape index (κ1) is 14.7. The van der Waals surface area contributed by atoms with E-state index in [-0.39, 0.29) is 0 Å². The number of nitrogen functional groups attached to an aromatic ring is 1. The summed E-state index contributed by atoms with van der Waals surface area (Å²) >= 11 is 0. The van der Waals surface area contributed by atoms with E-state index in [1.54, 1.807) is 6.07 Å². The Morgan fingerprint density at radius 2 is 1.90 bits per heavy atom. The molecule has 0 aliphatic heterocycles. The summed E-state index contributed by atoms with van der Waals surface area (Å²) in [6, 6.07) is 17.8. The maximum Gasteiger partial charge on any atom is 0.123 e. The minimum absolute atomic E-state index is 0.438. The zero-order chi connectivity index (χ0) is 15.1. The molecule has 0 spiro atoms. The van der Waals surface area contributed by atoms with Gasteiger partial charge in [-0.05, 0) is 25.1 Å². The van der Waals surface area contributed by atoms with E-state index in [0.29, 0.717) is 25.3 Å². The van der Waals surface area contributed by atoms with Gasteiger partial charge in [-0.25, -0.2) is 0 Å². The number of para-hydroxylation sites is 1. The predicted molar refractivity (Wildman–Crippen MR) is 85.7 cm³/mol. The highest BCUT2D eigenvalue weighted by Gasteiger charge is 2.11. The molecular weight excluding hydrogens is 262 g/mol. The average molecular weight is 281 g/mol. The third kappa shape index (κ3) is 3.90. The van der Waals surface area contributed by atoms with Gasteiger partial charge in [-0.3, -0.25) is 0 Å². The second-order valence-electron chi connectivity index (χ2n) is 4.59. The Labute approximate surface area is 125 Å². The Balaban J connectivity index is 2.39. The molecule has 108 valence electrons. The van der Waals surface area contributed by atoms with E-state index >= 15 is 0 Å². The summed E-state index contributed by atoms with van der Waals surface area (Å²) in [7, 11) is 0. The molecule has 0 bridgehead atoms. The normalized spacial score (nSPS) is 9.90. The van der Waals surface area contributed by atoms with Crippen molar-refractivity contribution in [3.8, 4) is 11.8 Å². The fourth-order valence-electron chi connectivity index (χ4n) is 2.19. The van der Waals surface area contributed by atoms with Crippen LogP contribution in [0.1, 0.15) is 13.3 Å². The van der Waals surface area contributed by atoms with Gasteiger partial charge in [0.1, 0.15) is 5.75 Å². The first-order chi connectivity index (χ1) is 10.2. The van der Waals surface area contributed by atoms with Crippen LogP contribution in [0.4, 0.5) is 17.1 Å². The molecule has 0 aromatic heterocycles. The topological polar surface area (TPSA) is 62.3 Å². The molecule has 0 amide bonds. The number of nitrogens with two attached hydrogens (primary N) is 1. The maximum atomic E-state index is 8.88. The minimum atomic E-state index is 0.438. The number of anilines is 3. The summed E-state index contributed by atoms with van der Waals surface area (Å²) in [6.07, 6.45) is 0.438. The number of ether oxygens (including phenoxy) is 1. The lowest BCUT2D eigenvalue weighted by Crippen LogP contribution is -2.18. The molecule has 0 radical (unpaired) electrons. The lowest BCUT2D eigenvalue weighted by molar-refractivity contribution is 0.340. The van der Waals surface area contributed by atoms with Crippen LogP contribution >= 0.6 is 0 Å². The second kappa shape index (κ2) is 7.20. The van der Waals surface area contributed by atoms with Crippen LogP contribution in [0, 0.1) is 11.3 Å².